The third-order valence-electron chi connectivity index (χ3n) is 4.03. The normalized spacial score (nSPS) is 12.2. The summed E-state index contributed by atoms with van der Waals surface area (Å²) in [7, 11) is 0. The molecule has 0 saturated carbocycles. The molecule has 0 fully saturated rings. The van der Waals surface area contributed by atoms with Crippen molar-refractivity contribution in [2.24, 2.45) is 5.92 Å². The summed E-state index contributed by atoms with van der Waals surface area (Å²) >= 11 is 0. The van der Waals surface area contributed by atoms with Crippen molar-refractivity contribution in [1.82, 2.24) is 0 Å². The van der Waals surface area contributed by atoms with Gasteiger partial charge in [-0.2, -0.15) is 0 Å². The van der Waals surface area contributed by atoms with Crippen LogP contribution in [-0.4, -0.2) is 5.78 Å². The molecule has 0 aliphatic heterocycles. The maximum atomic E-state index is 12.3. The molecule has 3 aromatic carbocycles. The lowest BCUT2D eigenvalue weighted by Crippen LogP contribution is -2.08. The van der Waals surface area contributed by atoms with Gasteiger partial charge in [0.25, 0.3) is 0 Å². The number of hydrogen-bond acceptors (Lipinski definition) is 1. The minimum atomic E-state index is 0.230. The maximum absolute atomic E-state index is 12.3. The Balaban J connectivity index is 1.68. The molecule has 0 radical (unpaired) electrons. The molecule has 1 unspecified atom stereocenters. The molecule has 1 heteroatoms. The van der Waals surface area contributed by atoms with E-state index in [1.807, 2.05) is 30.3 Å². The number of carbonyl (C=O) groups is 1. The van der Waals surface area contributed by atoms with E-state index in [-0.39, 0.29) is 5.78 Å². The molecule has 0 N–H and O–H groups in total. The van der Waals surface area contributed by atoms with Gasteiger partial charge in [-0.15, -0.1) is 0 Å². The standard InChI is InChI=1S/C21H20O/c1-16(14-21(22)19-8-3-2-4-9-19)13-17-11-12-18-7-5-6-10-20(18)15-17/h2-12,15-16H,13-14H2,1H3. The average Bonchev–Trinajstić information content (AvgIpc) is 2.55. The number of rotatable bonds is 5. The van der Waals surface area contributed by atoms with Crippen molar-refractivity contribution in [3.63, 3.8) is 0 Å². The molecule has 110 valence electrons. The van der Waals surface area contributed by atoms with Crippen LogP contribution in [0.15, 0.2) is 72.8 Å². The number of ketones is 1. The number of hydrogen-bond donors (Lipinski definition) is 0. The van der Waals surface area contributed by atoms with Gasteiger partial charge >= 0.3 is 0 Å². The van der Waals surface area contributed by atoms with E-state index < -0.39 is 0 Å². The smallest absolute Gasteiger partial charge is 0.163 e. The molecule has 3 aromatic rings. The highest BCUT2D eigenvalue weighted by atomic mass is 16.1. The fourth-order valence-electron chi connectivity index (χ4n) is 2.90. The van der Waals surface area contributed by atoms with Crippen LogP contribution < -0.4 is 0 Å². The van der Waals surface area contributed by atoms with E-state index >= 15 is 0 Å². The van der Waals surface area contributed by atoms with E-state index in [0.717, 1.165) is 12.0 Å². The van der Waals surface area contributed by atoms with Gasteiger partial charge < -0.3 is 0 Å². The molecule has 0 saturated heterocycles. The highest BCUT2D eigenvalue weighted by Gasteiger charge is 2.12. The van der Waals surface area contributed by atoms with Crippen LogP contribution in [0.25, 0.3) is 10.8 Å². The van der Waals surface area contributed by atoms with Crippen LogP contribution >= 0.6 is 0 Å². The van der Waals surface area contributed by atoms with Crippen LogP contribution in [-0.2, 0) is 6.42 Å². The zero-order valence-corrected chi connectivity index (χ0v) is 12.8. The van der Waals surface area contributed by atoms with Crippen LogP contribution in [0.5, 0.6) is 0 Å². The molecule has 1 nitrogen and oxygen atoms in total. The molecule has 22 heavy (non-hydrogen) atoms. The molecule has 3 rings (SSSR count). The Morgan fingerprint density at radius 3 is 2.32 bits per heavy atom. The van der Waals surface area contributed by atoms with E-state index in [1.54, 1.807) is 0 Å². The molecule has 0 amide bonds. The van der Waals surface area contributed by atoms with E-state index in [9.17, 15) is 4.79 Å². The Morgan fingerprint density at radius 2 is 1.55 bits per heavy atom. The van der Waals surface area contributed by atoms with Crippen molar-refractivity contribution in [3.8, 4) is 0 Å². The van der Waals surface area contributed by atoms with Crippen LogP contribution in [0.1, 0.15) is 29.3 Å². The Bertz CT molecular complexity index is 774. The topological polar surface area (TPSA) is 17.1 Å². The van der Waals surface area contributed by atoms with Crippen molar-refractivity contribution in [2.45, 2.75) is 19.8 Å². The second-order valence-corrected chi connectivity index (χ2v) is 5.98. The summed E-state index contributed by atoms with van der Waals surface area (Å²) in [4.78, 5) is 12.3. The van der Waals surface area contributed by atoms with Crippen LogP contribution in [0.4, 0.5) is 0 Å². The van der Waals surface area contributed by atoms with Gasteiger partial charge in [0.1, 0.15) is 0 Å². The third-order valence-corrected chi connectivity index (χ3v) is 4.03. The van der Waals surface area contributed by atoms with Gasteiger partial charge in [-0.25, -0.2) is 0 Å². The van der Waals surface area contributed by atoms with E-state index in [2.05, 4.69) is 49.4 Å². The van der Waals surface area contributed by atoms with Crippen molar-refractivity contribution >= 4 is 16.6 Å². The van der Waals surface area contributed by atoms with E-state index in [4.69, 9.17) is 0 Å². The van der Waals surface area contributed by atoms with Crippen LogP contribution in [0, 0.1) is 5.92 Å². The molecule has 0 spiro atoms. The lowest BCUT2D eigenvalue weighted by atomic mass is 9.93. The van der Waals surface area contributed by atoms with Crippen molar-refractivity contribution in [1.29, 1.82) is 0 Å². The third kappa shape index (κ3) is 3.43. The summed E-state index contributed by atoms with van der Waals surface area (Å²) in [5.41, 5.74) is 2.11. The SMILES string of the molecule is CC(CC(=O)c1ccccc1)Cc1ccc2ccccc2c1. The van der Waals surface area contributed by atoms with Crippen molar-refractivity contribution in [2.75, 3.05) is 0 Å². The first-order chi connectivity index (χ1) is 10.7. The van der Waals surface area contributed by atoms with Crippen molar-refractivity contribution in [3.05, 3.63) is 83.9 Å². The highest BCUT2D eigenvalue weighted by molar-refractivity contribution is 5.96. The molecule has 0 bridgehead atoms. The molecule has 0 aliphatic carbocycles. The molecule has 0 heterocycles. The van der Waals surface area contributed by atoms with E-state index in [0.29, 0.717) is 12.3 Å². The summed E-state index contributed by atoms with van der Waals surface area (Å²) < 4.78 is 0. The largest absolute Gasteiger partial charge is 0.294 e. The minimum Gasteiger partial charge on any atom is -0.294 e. The van der Waals surface area contributed by atoms with Gasteiger partial charge in [0.05, 0.1) is 0 Å². The Morgan fingerprint density at radius 1 is 0.864 bits per heavy atom. The average molecular weight is 288 g/mol. The first-order valence-corrected chi connectivity index (χ1v) is 7.78. The highest BCUT2D eigenvalue weighted by Crippen LogP contribution is 2.20. The van der Waals surface area contributed by atoms with E-state index in [1.165, 1.54) is 16.3 Å². The fraction of sp³-hybridized carbons (Fsp3) is 0.190. The second kappa shape index (κ2) is 6.57. The number of fused-ring (bicyclic) bond motifs is 1. The van der Waals surface area contributed by atoms with Gasteiger partial charge in [-0.1, -0.05) is 79.7 Å². The monoisotopic (exact) mass is 288 g/mol. The zero-order valence-electron chi connectivity index (χ0n) is 12.8. The Kier molecular flexibility index (Phi) is 4.34. The minimum absolute atomic E-state index is 0.230. The summed E-state index contributed by atoms with van der Waals surface area (Å²) in [6.07, 6.45) is 1.53. The maximum Gasteiger partial charge on any atom is 0.163 e. The van der Waals surface area contributed by atoms with Gasteiger partial charge in [0, 0.05) is 12.0 Å². The number of benzene rings is 3. The molecule has 0 aliphatic rings. The van der Waals surface area contributed by atoms with Crippen LogP contribution in [0.3, 0.4) is 0 Å². The molecular weight excluding hydrogens is 268 g/mol. The van der Waals surface area contributed by atoms with Gasteiger partial charge in [-0.3, -0.25) is 4.79 Å². The summed E-state index contributed by atoms with van der Waals surface area (Å²) in [6.45, 7) is 2.15. The van der Waals surface area contributed by atoms with Gasteiger partial charge in [0.2, 0.25) is 0 Å². The quantitative estimate of drug-likeness (QED) is 0.583. The van der Waals surface area contributed by atoms with Crippen LogP contribution in [0.2, 0.25) is 0 Å². The lowest BCUT2D eigenvalue weighted by molar-refractivity contribution is 0.0964. The van der Waals surface area contributed by atoms with Gasteiger partial charge in [-0.05, 0) is 28.7 Å². The number of carbonyl (C=O) groups excluding carboxylic acids is 1. The Hall–Kier alpha value is -2.41. The zero-order chi connectivity index (χ0) is 15.4. The fourth-order valence-corrected chi connectivity index (χ4v) is 2.90. The number of Topliss-reactive ketones (excluding diaryl/α,β-unsaturated/α-hetero) is 1. The summed E-state index contributed by atoms with van der Waals surface area (Å²) in [6, 6.07) is 24.5. The Labute approximate surface area is 131 Å². The predicted molar refractivity (Wildman–Crippen MR) is 92.2 cm³/mol. The molecule has 0 aromatic heterocycles. The molecule has 1 atom stereocenters. The van der Waals surface area contributed by atoms with Gasteiger partial charge in [0.15, 0.2) is 5.78 Å². The second-order valence-electron chi connectivity index (χ2n) is 5.98. The predicted octanol–water partition coefficient (Wildman–Crippen LogP) is 5.29. The first kappa shape index (κ1) is 14.5. The lowest BCUT2D eigenvalue weighted by Gasteiger charge is -2.11. The summed E-state index contributed by atoms with van der Waals surface area (Å²) in [5.74, 6) is 0.572. The first-order valence-electron chi connectivity index (χ1n) is 7.78. The molecular formula is C21H20O. The summed E-state index contributed by atoms with van der Waals surface area (Å²) in [5, 5.41) is 2.53. The van der Waals surface area contributed by atoms with Crippen molar-refractivity contribution < 1.29 is 4.79 Å².